The Balaban J connectivity index is 2.90. The third-order valence-corrected chi connectivity index (χ3v) is 6.39. The lowest BCUT2D eigenvalue weighted by Gasteiger charge is -2.19. The number of hydrogen-bond donors (Lipinski definition) is 1. The number of aryl methyl sites for hydroxylation is 1. The Bertz CT molecular complexity index is 524. The van der Waals surface area contributed by atoms with Crippen molar-refractivity contribution < 1.29 is 8.42 Å². The topological polar surface area (TPSA) is 52.7 Å². The highest BCUT2D eigenvalue weighted by atomic mass is 32.2. The Kier molecular flexibility index (Phi) is 6.60. The van der Waals surface area contributed by atoms with Crippen molar-refractivity contribution in [1.82, 2.24) is 14.5 Å². The van der Waals surface area contributed by atoms with Crippen molar-refractivity contribution in [3.63, 3.8) is 0 Å². The molecule has 1 aromatic rings. The van der Waals surface area contributed by atoms with Crippen LogP contribution in [0.1, 0.15) is 16.9 Å². The summed E-state index contributed by atoms with van der Waals surface area (Å²) in [5.74, 6) is 0. The van der Waals surface area contributed by atoms with Gasteiger partial charge < -0.3 is 10.2 Å². The van der Waals surface area contributed by atoms with Gasteiger partial charge in [-0.05, 0) is 52.0 Å². The van der Waals surface area contributed by atoms with Crippen molar-refractivity contribution in [2.45, 2.75) is 24.8 Å². The van der Waals surface area contributed by atoms with Crippen LogP contribution in [0.15, 0.2) is 10.3 Å². The first kappa shape index (κ1) is 17.6. The maximum atomic E-state index is 12.7. The molecule has 7 heteroatoms. The van der Waals surface area contributed by atoms with Crippen molar-refractivity contribution in [3.8, 4) is 0 Å². The van der Waals surface area contributed by atoms with E-state index in [9.17, 15) is 8.42 Å². The van der Waals surface area contributed by atoms with E-state index < -0.39 is 10.0 Å². The van der Waals surface area contributed by atoms with Gasteiger partial charge >= 0.3 is 0 Å². The Morgan fingerprint density at radius 1 is 1.25 bits per heavy atom. The summed E-state index contributed by atoms with van der Waals surface area (Å²) in [6.45, 7) is 3.86. The molecule has 0 amide bonds. The highest BCUT2D eigenvalue weighted by Crippen LogP contribution is 2.29. The van der Waals surface area contributed by atoms with Gasteiger partial charge in [-0.3, -0.25) is 0 Å². The van der Waals surface area contributed by atoms with E-state index in [1.54, 1.807) is 7.05 Å². The first-order valence-corrected chi connectivity index (χ1v) is 8.95. The van der Waals surface area contributed by atoms with Crippen molar-refractivity contribution in [3.05, 3.63) is 15.8 Å². The molecule has 5 nitrogen and oxygen atoms in total. The molecule has 0 atom stereocenters. The first-order chi connectivity index (χ1) is 9.30. The van der Waals surface area contributed by atoms with E-state index >= 15 is 0 Å². The van der Waals surface area contributed by atoms with Crippen LogP contribution in [0.3, 0.4) is 0 Å². The maximum absolute atomic E-state index is 12.7. The molecular formula is C13H25N3O2S2. The minimum atomic E-state index is -3.39. The van der Waals surface area contributed by atoms with Gasteiger partial charge in [0.15, 0.2) is 0 Å². The second kappa shape index (κ2) is 7.51. The summed E-state index contributed by atoms with van der Waals surface area (Å²) in [4.78, 5) is 3.41. The number of nitrogens with one attached hydrogen (secondary N) is 1. The molecule has 0 saturated heterocycles. The SMILES string of the molecule is CNCc1scc(C)c1S(=O)(=O)N(C)CCCN(C)C. The van der Waals surface area contributed by atoms with E-state index in [-0.39, 0.29) is 0 Å². The van der Waals surface area contributed by atoms with Crippen LogP contribution in [-0.4, -0.2) is 58.9 Å². The average molecular weight is 319 g/mol. The van der Waals surface area contributed by atoms with Gasteiger partial charge in [-0.15, -0.1) is 11.3 Å². The number of rotatable bonds is 8. The molecule has 0 unspecified atom stereocenters. The van der Waals surface area contributed by atoms with Crippen LogP contribution in [0, 0.1) is 6.92 Å². The van der Waals surface area contributed by atoms with Crippen LogP contribution < -0.4 is 5.32 Å². The predicted octanol–water partition coefficient (Wildman–Crippen LogP) is 1.35. The number of hydrogen-bond acceptors (Lipinski definition) is 5. The molecule has 1 aromatic heterocycles. The molecule has 0 aliphatic carbocycles. The Morgan fingerprint density at radius 3 is 2.45 bits per heavy atom. The third-order valence-electron chi connectivity index (χ3n) is 3.07. The van der Waals surface area contributed by atoms with Crippen molar-refractivity contribution in [2.75, 3.05) is 41.3 Å². The predicted molar refractivity (Wildman–Crippen MR) is 84.8 cm³/mol. The van der Waals surface area contributed by atoms with Crippen LogP contribution in [0.4, 0.5) is 0 Å². The molecular weight excluding hydrogens is 294 g/mol. The summed E-state index contributed by atoms with van der Waals surface area (Å²) in [6, 6.07) is 0. The van der Waals surface area contributed by atoms with Gasteiger partial charge in [-0.25, -0.2) is 12.7 Å². The van der Waals surface area contributed by atoms with E-state index in [0.29, 0.717) is 18.0 Å². The molecule has 1 rings (SSSR count). The van der Waals surface area contributed by atoms with Gasteiger partial charge in [-0.1, -0.05) is 0 Å². The fraction of sp³-hybridized carbons (Fsp3) is 0.692. The molecule has 0 bridgehead atoms. The molecule has 0 aliphatic heterocycles. The van der Waals surface area contributed by atoms with E-state index in [4.69, 9.17) is 0 Å². The van der Waals surface area contributed by atoms with Crippen LogP contribution in [0.25, 0.3) is 0 Å². The second-order valence-corrected chi connectivity index (χ2v) is 8.13. The molecule has 20 heavy (non-hydrogen) atoms. The zero-order valence-electron chi connectivity index (χ0n) is 12.9. The lowest BCUT2D eigenvalue weighted by atomic mass is 10.3. The van der Waals surface area contributed by atoms with Gasteiger partial charge in [0.25, 0.3) is 0 Å². The highest BCUT2D eigenvalue weighted by molar-refractivity contribution is 7.89. The van der Waals surface area contributed by atoms with Crippen molar-refractivity contribution in [1.29, 1.82) is 0 Å². The van der Waals surface area contributed by atoms with E-state index in [1.165, 1.54) is 15.6 Å². The number of sulfonamides is 1. The summed E-state index contributed by atoms with van der Waals surface area (Å²) < 4.78 is 26.8. The van der Waals surface area contributed by atoms with Gasteiger partial charge in [0.2, 0.25) is 10.0 Å². The highest BCUT2D eigenvalue weighted by Gasteiger charge is 2.26. The Hall–Kier alpha value is -0.470. The lowest BCUT2D eigenvalue weighted by molar-refractivity contribution is 0.370. The Labute approximate surface area is 126 Å². The molecule has 0 fully saturated rings. The standard InChI is InChI=1S/C13H25N3O2S2/c1-11-10-19-12(9-14-2)13(11)20(17,18)16(5)8-6-7-15(3)4/h10,14H,6-9H2,1-5H3. The monoisotopic (exact) mass is 319 g/mol. The average Bonchev–Trinajstić information content (AvgIpc) is 2.71. The van der Waals surface area contributed by atoms with Gasteiger partial charge in [-0.2, -0.15) is 0 Å². The quantitative estimate of drug-likeness (QED) is 0.786. The molecule has 0 radical (unpaired) electrons. The minimum absolute atomic E-state index is 0.476. The van der Waals surface area contributed by atoms with Crippen molar-refractivity contribution >= 4 is 21.4 Å². The number of nitrogens with zero attached hydrogens (tertiary/aromatic N) is 2. The summed E-state index contributed by atoms with van der Waals surface area (Å²) in [6.07, 6.45) is 0.827. The Morgan fingerprint density at radius 2 is 1.90 bits per heavy atom. The molecule has 0 saturated carbocycles. The fourth-order valence-electron chi connectivity index (χ4n) is 2.00. The van der Waals surface area contributed by atoms with Crippen LogP contribution in [0.2, 0.25) is 0 Å². The molecule has 0 aliphatic rings. The van der Waals surface area contributed by atoms with E-state index in [0.717, 1.165) is 23.4 Å². The third kappa shape index (κ3) is 4.26. The summed E-state index contributed by atoms with van der Waals surface area (Å²) in [7, 11) is 4.07. The normalized spacial score (nSPS) is 12.6. The summed E-state index contributed by atoms with van der Waals surface area (Å²) in [5.41, 5.74) is 0.833. The largest absolute Gasteiger partial charge is 0.315 e. The smallest absolute Gasteiger partial charge is 0.244 e. The fourth-order valence-corrected chi connectivity index (χ4v) is 4.98. The van der Waals surface area contributed by atoms with Crippen LogP contribution in [0.5, 0.6) is 0 Å². The number of thiophene rings is 1. The molecule has 1 N–H and O–H groups in total. The molecule has 0 aromatic carbocycles. The van der Waals surface area contributed by atoms with Gasteiger partial charge in [0.1, 0.15) is 4.90 Å². The van der Waals surface area contributed by atoms with Crippen LogP contribution >= 0.6 is 11.3 Å². The second-order valence-electron chi connectivity index (χ2n) is 5.18. The maximum Gasteiger partial charge on any atom is 0.244 e. The summed E-state index contributed by atoms with van der Waals surface area (Å²) in [5, 5.41) is 4.94. The molecule has 0 spiro atoms. The molecule has 116 valence electrons. The van der Waals surface area contributed by atoms with Crippen LogP contribution in [-0.2, 0) is 16.6 Å². The molecule has 1 heterocycles. The first-order valence-electron chi connectivity index (χ1n) is 6.63. The van der Waals surface area contributed by atoms with Gasteiger partial charge in [0.05, 0.1) is 0 Å². The van der Waals surface area contributed by atoms with Gasteiger partial charge in [0, 0.05) is 25.0 Å². The zero-order chi connectivity index (χ0) is 15.3. The van der Waals surface area contributed by atoms with E-state index in [1.807, 2.05) is 33.4 Å². The minimum Gasteiger partial charge on any atom is -0.315 e. The lowest BCUT2D eigenvalue weighted by Crippen LogP contribution is -2.30. The van der Waals surface area contributed by atoms with E-state index in [2.05, 4.69) is 10.2 Å². The zero-order valence-corrected chi connectivity index (χ0v) is 14.6. The van der Waals surface area contributed by atoms with Crippen molar-refractivity contribution in [2.24, 2.45) is 0 Å². The summed E-state index contributed by atoms with van der Waals surface area (Å²) >= 11 is 1.50.